The number of hydrogen-bond acceptors (Lipinski definition) is 3. The second-order valence-corrected chi connectivity index (χ2v) is 9.95. The number of aryl methyl sites for hydroxylation is 3. The van der Waals surface area contributed by atoms with Crippen molar-refractivity contribution < 1.29 is 17.6 Å². The molecule has 0 heterocycles. The first-order valence-electron chi connectivity index (χ1n) is 9.95. The summed E-state index contributed by atoms with van der Waals surface area (Å²) >= 11 is 5.78. The van der Waals surface area contributed by atoms with Gasteiger partial charge in [-0.05, 0) is 55.7 Å². The second kappa shape index (κ2) is 9.81. The summed E-state index contributed by atoms with van der Waals surface area (Å²) in [6.45, 7) is 4.99. The average Bonchev–Trinajstić information content (AvgIpc) is 2.70. The number of anilines is 1. The zero-order valence-corrected chi connectivity index (χ0v) is 19.6. The Hall–Kier alpha value is -2.74. The van der Waals surface area contributed by atoms with E-state index in [0.717, 1.165) is 21.5 Å². The lowest BCUT2D eigenvalue weighted by Gasteiger charge is -2.24. The number of nitrogens with one attached hydrogen (secondary N) is 1. The Balaban J connectivity index is 1.94. The van der Waals surface area contributed by atoms with Crippen molar-refractivity contribution in [3.05, 3.63) is 93.8 Å². The van der Waals surface area contributed by atoms with E-state index >= 15 is 0 Å². The molecule has 3 rings (SSSR count). The maximum atomic E-state index is 13.7. The van der Waals surface area contributed by atoms with Gasteiger partial charge in [0.25, 0.3) is 0 Å². The van der Waals surface area contributed by atoms with Crippen molar-refractivity contribution in [1.82, 2.24) is 4.31 Å². The van der Waals surface area contributed by atoms with Gasteiger partial charge in [0.15, 0.2) is 0 Å². The van der Waals surface area contributed by atoms with E-state index in [2.05, 4.69) is 5.32 Å². The first-order chi connectivity index (χ1) is 15.1. The third-order valence-corrected chi connectivity index (χ3v) is 7.32. The van der Waals surface area contributed by atoms with Crippen molar-refractivity contribution in [2.75, 3.05) is 11.9 Å². The molecule has 168 valence electrons. The van der Waals surface area contributed by atoms with Crippen LogP contribution in [-0.4, -0.2) is 25.2 Å². The van der Waals surface area contributed by atoms with Gasteiger partial charge in [0.1, 0.15) is 5.82 Å². The molecule has 0 aromatic heterocycles. The van der Waals surface area contributed by atoms with Crippen molar-refractivity contribution in [2.24, 2.45) is 0 Å². The van der Waals surface area contributed by atoms with E-state index < -0.39 is 28.3 Å². The quantitative estimate of drug-likeness (QED) is 0.509. The fourth-order valence-corrected chi connectivity index (χ4v) is 5.63. The monoisotopic (exact) mass is 474 g/mol. The number of amides is 1. The van der Waals surface area contributed by atoms with Crippen LogP contribution in [0.15, 0.2) is 65.6 Å². The highest BCUT2D eigenvalue weighted by molar-refractivity contribution is 7.89. The first kappa shape index (κ1) is 23.9. The van der Waals surface area contributed by atoms with E-state index in [0.29, 0.717) is 11.1 Å². The van der Waals surface area contributed by atoms with Gasteiger partial charge in [-0.2, -0.15) is 4.31 Å². The van der Waals surface area contributed by atoms with Crippen LogP contribution in [0.1, 0.15) is 22.3 Å². The van der Waals surface area contributed by atoms with Gasteiger partial charge in [0.2, 0.25) is 15.9 Å². The van der Waals surface area contributed by atoms with Gasteiger partial charge in [0, 0.05) is 12.2 Å². The van der Waals surface area contributed by atoms with Gasteiger partial charge < -0.3 is 5.32 Å². The van der Waals surface area contributed by atoms with Crippen LogP contribution in [0.25, 0.3) is 0 Å². The van der Waals surface area contributed by atoms with Crippen LogP contribution in [0.2, 0.25) is 5.02 Å². The Labute approximate surface area is 192 Å². The van der Waals surface area contributed by atoms with Crippen molar-refractivity contribution in [1.29, 1.82) is 0 Å². The van der Waals surface area contributed by atoms with Crippen LogP contribution in [0, 0.1) is 26.6 Å². The van der Waals surface area contributed by atoms with Gasteiger partial charge in [-0.1, -0.05) is 59.6 Å². The predicted molar refractivity (Wildman–Crippen MR) is 125 cm³/mol. The van der Waals surface area contributed by atoms with Crippen LogP contribution in [0.5, 0.6) is 0 Å². The summed E-state index contributed by atoms with van der Waals surface area (Å²) in [6.07, 6.45) is 0. The lowest BCUT2D eigenvalue weighted by molar-refractivity contribution is -0.116. The third kappa shape index (κ3) is 5.54. The minimum absolute atomic E-state index is 0.0214. The Morgan fingerprint density at radius 3 is 2.22 bits per heavy atom. The number of carbonyl (C=O) groups excluding carboxylic acids is 1. The van der Waals surface area contributed by atoms with E-state index in [-0.39, 0.29) is 22.2 Å². The van der Waals surface area contributed by atoms with Crippen LogP contribution < -0.4 is 5.32 Å². The van der Waals surface area contributed by atoms with Gasteiger partial charge >= 0.3 is 0 Å². The third-order valence-electron chi connectivity index (χ3n) is 4.93. The van der Waals surface area contributed by atoms with Gasteiger partial charge in [0.05, 0.1) is 16.5 Å². The van der Waals surface area contributed by atoms with Crippen molar-refractivity contribution in [2.45, 2.75) is 32.2 Å². The van der Waals surface area contributed by atoms with Crippen molar-refractivity contribution in [3.63, 3.8) is 0 Å². The van der Waals surface area contributed by atoms with Crippen LogP contribution in [0.4, 0.5) is 10.1 Å². The fourth-order valence-electron chi connectivity index (χ4n) is 3.65. The molecule has 3 aromatic carbocycles. The summed E-state index contributed by atoms with van der Waals surface area (Å²) in [5.41, 5.74) is 3.22. The molecule has 0 fully saturated rings. The molecule has 0 unspecified atom stereocenters. The number of hydrogen-bond donors (Lipinski definition) is 1. The normalized spacial score (nSPS) is 11.6. The molecule has 1 amide bonds. The molecule has 3 aromatic rings. The molecule has 0 atom stereocenters. The van der Waals surface area contributed by atoms with E-state index in [1.165, 1.54) is 12.1 Å². The molecule has 0 spiro atoms. The number of nitrogens with zero attached hydrogens (tertiary/aromatic N) is 1. The Morgan fingerprint density at radius 1 is 1.00 bits per heavy atom. The van der Waals surface area contributed by atoms with Crippen LogP contribution in [-0.2, 0) is 21.4 Å². The Morgan fingerprint density at radius 2 is 1.62 bits per heavy atom. The van der Waals surface area contributed by atoms with Crippen molar-refractivity contribution in [3.8, 4) is 0 Å². The summed E-state index contributed by atoms with van der Waals surface area (Å²) < 4.78 is 41.9. The molecular weight excluding hydrogens is 451 g/mol. The van der Waals surface area contributed by atoms with Crippen LogP contribution >= 0.6 is 11.6 Å². The summed E-state index contributed by atoms with van der Waals surface area (Å²) in [5.74, 6) is -1.17. The zero-order chi connectivity index (χ0) is 23.5. The molecule has 0 radical (unpaired) electrons. The molecule has 32 heavy (non-hydrogen) atoms. The lowest BCUT2D eigenvalue weighted by atomic mass is 10.1. The van der Waals surface area contributed by atoms with Gasteiger partial charge in [-0.25, -0.2) is 12.8 Å². The molecule has 0 aliphatic heterocycles. The molecule has 1 N–H and O–H groups in total. The predicted octanol–water partition coefficient (Wildman–Crippen LogP) is 5.23. The van der Waals surface area contributed by atoms with Crippen molar-refractivity contribution >= 4 is 33.2 Å². The summed E-state index contributed by atoms with van der Waals surface area (Å²) in [7, 11) is -3.99. The number of carbonyl (C=O) groups is 1. The SMILES string of the molecule is Cc1cc(C)c(S(=O)(=O)N(CC(=O)Nc2ccc(F)c(Cl)c2)Cc2ccccc2)c(C)c1. The lowest BCUT2D eigenvalue weighted by Crippen LogP contribution is -2.38. The number of rotatable bonds is 7. The summed E-state index contributed by atoms with van der Waals surface area (Å²) in [4.78, 5) is 12.9. The van der Waals surface area contributed by atoms with Gasteiger partial charge in [-0.15, -0.1) is 0 Å². The summed E-state index contributed by atoms with van der Waals surface area (Å²) in [6, 6.07) is 16.4. The highest BCUT2D eigenvalue weighted by atomic mass is 35.5. The molecule has 0 saturated carbocycles. The highest BCUT2D eigenvalue weighted by Crippen LogP contribution is 2.27. The largest absolute Gasteiger partial charge is 0.325 e. The summed E-state index contributed by atoms with van der Waals surface area (Å²) in [5, 5.41) is 2.46. The molecule has 0 aliphatic carbocycles. The number of benzene rings is 3. The minimum atomic E-state index is -3.99. The topological polar surface area (TPSA) is 66.5 Å². The zero-order valence-electron chi connectivity index (χ0n) is 18.0. The van der Waals surface area contributed by atoms with Gasteiger partial charge in [-0.3, -0.25) is 4.79 Å². The second-order valence-electron chi connectivity index (χ2n) is 7.66. The van der Waals surface area contributed by atoms with E-state index in [1.54, 1.807) is 38.1 Å². The maximum Gasteiger partial charge on any atom is 0.244 e. The highest BCUT2D eigenvalue weighted by Gasteiger charge is 2.30. The number of sulfonamides is 1. The van der Waals surface area contributed by atoms with E-state index in [4.69, 9.17) is 11.6 Å². The Kier molecular flexibility index (Phi) is 7.33. The fraction of sp³-hybridized carbons (Fsp3) is 0.208. The molecule has 8 heteroatoms. The van der Waals surface area contributed by atoms with Crippen LogP contribution in [0.3, 0.4) is 0 Å². The van der Waals surface area contributed by atoms with E-state index in [9.17, 15) is 17.6 Å². The molecule has 5 nitrogen and oxygen atoms in total. The first-order valence-corrected chi connectivity index (χ1v) is 11.8. The Bertz CT molecular complexity index is 1220. The van der Waals surface area contributed by atoms with E-state index in [1.807, 2.05) is 25.1 Å². The molecular formula is C24H24ClFN2O3S. The smallest absolute Gasteiger partial charge is 0.244 e. The molecule has 0 bridgehead atoms. The molecule has 0 saturated heterocycles. The molecule has 0 aliphatic rings. The number of halogens is 2. The maximum absolute atomic E-state index is 13.7. The minimum Gasteiger partial charge on any atom is -0.325 e. The average molecular weight is 475 g/mol. The standard InChI is InChI=1S/C24H24ClFN2O3S/c1-16-11-17(2)24(18(3)12-16)32(30,31)28(14-19-7-5-4-6-8-19)15-23(29)27-20-9-10-22(26)21(25)13-20/h4-13H,14-15H2,1-3H3,(H,27,29).